The molecule has 1 atom stereocenters. The van der Waals surface area contributed by atoms with Crippen molar-refractivity contribution in [1.29, 1.82) is 0 Å². The van der Waals surface area contributed by atoms with Gasteiger partial charge in [0.2, 0.25) is 0 Å². The molecule has 0 amide bonds. The lowest BCUT2D eigenvalue weighted by molar-refractivity contribution is 0.0692. The third-order valence-electron chi connectivity index (χ3n) is 2.87. The molecule has 18 heavy (non-hydrogen) atoms. The van der Waals surface area contributed by atoms with Crippen molar-refractivity contribution in [3.63, 3.8) is 0 Å². The molecule has 0 saturated carbocycles. The van der Waals surface area contributed by atoms with Crippen LogP contribution in [0.1, 0.15) is 37.6 Å². The molecule has 0 aliphatic carbocycles. The highest BCUT2D eigenvalue weighted by molar-refractivity contribution is 5.89. The molecule has 0 aliphatic heterocycles. The predicted molar refractivity (Wildman–Crippen MR) is 65.9 cm³/mol. The first-order chi connectivity index (χ1) is 8.36. The molecule has 5 heteroatoms. The van der Waals surface area contributed by atoms with E-state index in [0.29, 0.717) is 6.07 Å². The number of carboxylic acid groups (broad SMARTS) is 1. The number of hydrogen-bond donors (Lipinski definition) is 2. The third kappa shape index (κ3) is 3.18. The van der Waals surface area contributed by atoms with E-state index in [4.69, 9.17) is 5.11 Å². The van der Waals surface area contributed by atoms with E-state index in [2.05, 4.69) is 5.32 Å². The van der Waals surface area contributed by atoms with Gasteiger partial charge in [0.1, 0.15) is 11.6 Å². The minimum Gasteiger partial charge on any atom is -0.478 e. The quantitative estimate of drug-likeness (QED) is 0.848. The van der Waals surface area contributed by atoms with Crippen LogP contribution in [-0.4, -0.2) is 17.1 Å². The summed E-state index contributed by atoms with van der Waals surface area (Å²) in [5.74, 6) is -3.00. The smallest absolute Gasteiger partial charge is 0.338 e. The molecule has 1 aromatic rings. The normalized spacial score (nSPS) is 12.6. The van der Waals surface area contributed by atoms with Crippen LogP contribution < -0.4 is 5.32 Å². The van der Waals surface area contributed by atoms with Crippen LogP contribution in [0.3, 0.4) is 0 Å². The third-order valence-corrected chi connectivity index (χ3v) is 2.87. The van der Waals surface area contributed by atoms with Crippen LogP contribution in [0.25, 0.3) is 0 Å². The maximum Gasteiger partial charge on any atom is 0.338 e. The summed E-state index contributed by atoms with van der Waals surface area (Å²) in [5.41, 5.74) is -0.508. The number of benzene rings is 1. The molecule has 0 aromatic heterocycles. The van der Waals surface area contributed by atoms with Gasteiger partial charge in [-0.05, 0) is 18.4 Å². The van der Waals surface area contributed by atoms with Crippen LogP contribution in [0.4, 0.5) is 14.5 Å². The van der Waals surface area contributed by atoms with Gasteiger partial charge in [0.15, 0.2) is 0 Å². The van der Waals surface area contributed by atoms with Crippen molar-refractivity contribution in [2.24, 2.45) is 5.92 Å². The van der Waals surface area contributed by atoms with Gasteiger partial charge < -0.3 is 10.4 Å². The second-order valence-electron chi connectivity index (χ2n) is 4.52. The maximum absolute atomic E-state index is 13.6. The lowest BCUT2D eigenvalue weighted by Gasteiger charge is -2.22. The topological polar surface area (TPSA) is 49.3 Å². The highest BCUT2D eigenvalue weighted by Crippen LogP contribution is 2.22. The largest absolute Gasteiger partial charge is 0.478 e. The molecular weight excluding hydrogens is 240 g/mol. The molecule has 100 valence electrons. The number of rotatable bonds is 5. The summed E-state index contributed by atoms with van der Waals surface area (Å²) >= 11 is 0. The molecule has 1 aromatic carbocycles. The molecule has 3 nitrogen and oxygen atoms in total. The molecule has 0 aliphatic rings. The van der Waals surface area contributed by atoms with Crippen molar-refractivity contribution in [3.8, 4) is 0 Å². The van der Waals surface area contributed by atoms with Crippen molar-refractivity contribution < 1.29 is 18.7 Å². The Kier molecular flexibility index (Phi) is 4.64. The van der Waals surface area contributed by atoms with E-state index >= 15 is 0 Å². The minimum atomic E-state index is -1.41. The van der Waals surface area contributed by atoms with Crippen LogP contribution >= 0.6 is 0 Å². The Morgan fingerprint density at radius 3 is 2.39 bits per heavy atom. The minimum absolute atomic E-state index is 0.00612. The van der Waals surface area contributed by atoms with E-state index in [1.165, 1.54) is 0 Å². The van der Waals surface area contributed by atoms with Crippen LogP contribution in [0, 0.1) is 17.6 Å². The predicted octanol–water partition coefficient (Wildman–Crippen LogP) is 3.51. The highest BCUT2D eigenvalue weighted by atomic mass is 19.1. The van der Waals surface area contributed by atoms with Crippen molar-refractivity contribution in [3.05, 3.63) is 29.3 Å². The van der Waals surface area contributed by atoms with Gasteiger partial charge in [-0.1, -0.05) is 20.8 Å². The van der Waals surface area contributed by atoms with Gasteiger partial charge in [-0.3, -0.25) is 0 Å². The monoisotopic (exact) mass is 257 g/mol. The standard InChI is InChI=1S/C13H17F2NO2/c1-4-11(7(2)3)16-12-5-8(13(17)18)9(14)6-10(12)15/h5-7,11,16H,4H2,1-3H3,(H,17,18). The summed E-state index contributed by atoms with van der Waals surface area (Å²) in [7, 11) is 0. The van der Waals surface area contributed by atoms with Crippen molar-refractivity contribution in [2.75, 3.05) is 5.32 Å². The number of aromatic carboxylic acids is 1. The van der Waals surface area contributed by atoms with Crippen LogP contribution in [0.2, 0.25) is 0 Å². The van der Waals surface area contributed by atoms with E-state index in [1.807, 2.05) is 20.8 Å². The zero-order valence-electron chi connectivity index (χ0n) is 10.6. The Bertz CT molecular complexity index is 447. The number of halogens is 2. The summed E-state index contributed by atoms with van der Waals surface area (Å²) in [6, 6.07) is 1.60. The zero-order valence-corrected chi connectivity index (χ0v) is 10.6. The van der Waals surface area contributed by atoms with Crippen molar-refractivity contribution in [2.45, 2.75) is 33.2 Å². The maximum atomic E-state index is 13.6. The second-order valence-corrected chi connectivity index (χ2v) is 4.52. The number of hydrogen-bond acceptors (Lipinski definition) is 2. The second kappa shape index (κ2) is 5.80. The van der Waals surface area contributed by atoms with E-state index in [1.54, 1.807) is 0 Å². The SMILES string of the molecule is CCC(Nc1cc(C(=O)O)c(F)cc1F)C(C)C. The molecule has 2 N–H and O–H groups in total. The lowest BCUT2D eigenvalue weighted by Crippen LogP contribution is -2.25. The number of nitrogens with one attached hydrogen (secondary N) is 1. The zero-order chi connectivity index (χ0) is 13.9. The van der Waals surface area contributed by atoms with E-state index in [0.717, 1.165) is 12.5 Å². The Balaban J connectivity index is 3.09. The molecular formula is C13H17F2NO2. The first-order valence-corrected chi connectivity index (χ1v) is 5.85. The van der Waals surface area contributed by atoms with Crippen LogP contribution in [-0.2, 0) is 0 Å². The molecule has 0 saturated heterocycles. The van der Waals surface area contributed by atoms with Crippen molar-refractivity contribution >= 4 is 11.7 Å². The van der Waals surface area contributed by atoms with Gasteiger partial charge in [-0.2, -0.15) is 0 Å². The van der Waals surface area contributed by atoms with E-state index < -0.39 is 23.2 Å². The summed E-state index contributed by atoms with van der Waals surface area (Å²) in [6.07, 6.45) is 0.761. The fraction of sp³-hybridized carbons (Fsp3) is 0.462. The summed E-state index contributed by atoms with van der Waals surface area (Å²) in [4.78, 5) is 10.8. The Morgan fingerprint density at radius 1 is 1.33 bits per heavy atom. The summed E-state index contributed by atoms with van der Waals surface area (Å²) in [5, 5.41) is 11.7. The van der Waals surface area contributed by atoms with Gasteiger partial charge in [0, 0.05) is 12.1 Å². The highest BCUT2D eigenvalue weighted by Gasteiger charge is 2.18. The van der Waals surface area contributed by atoms with Gasteiger partial charge in [0.05, 0.1) is 11.3 Å². The molecule has 0 fully saturated rings. The Hall–Kier alpha value is -1.65. The molecule has 0 bridgehead atoms. The molecule has 0 heterocycles. The van der Waals surface area contributed by atoms with Gasteiger partial charge >= 0.3 is 5.97 Å². The Labute approximate surface area is 105 Å². The first-order valence-electron chi connectivity index (χ1n) is 5.85. The van der Waals surface area contributed by atoms with Gasteiger partial charge in [-0.25, -0.2) is 13.6 Å². The molecule has 1 rings (SSSR count). The summed E-state index contributed by atoms with van der Waals surface area (Å²) in [6.45, 7) is 5.89. The number of anilines is 1. The fourth-order valence-electron chi connectivity index (χ4n) is 1.76. The molecule has 0 spiro atoms. The average Bonchev–Trinajstić information content (AvgIpc) is 2.26. The van der Waals surface area contributed by atoms with Crippen molar-refractivity contribution in [1.82, 2.24) is 0 Å². The Morgan fingerprint density at radius 2 is 1.94 bits per heavy atom. The lowest BCUT2D eigenvalue weighted by atomic mass is 10.0. The van der Waals surface area contributed by atoms with E-state index in [9.17, 15) is 13.6 Å². The van der Waals surface area contributed by atoms with Gasteiger partial charge in [-0.15, -0.1) is 0 Å². The average molecular weight is 257 g/mol. The van der Waals surface area contributed by atoms with E-state index in [-0.39, 0.29) is 17.6 Å². The first kappa shape index (κ1) is 14.4. The fourth-order valence-corrected chi connectivity index (χ4v) is 1.76. The number of carbonyl (C=O) groups is 1. The van der Waals surface area contributed by atoms with Crippen LogP contribution in [0.15, 0.2) is 12.1 Å². The molecule has 0 radical (unpaired) electrons. The van der Waals surface area contributed by atoms with Gasteiger partial charge in [0.25, 0.3) is 0 Å². The molecule has 1 unspecified atom stereocenters. The van der Waals surface area contributed by atoms with Crippen LogP contribution in [0.5, 0.6) is 0 Å². The number of carboxylic acids is 1. The summed E-state index contributed by atoms with van der Waals surface area (Å²) < 4.78 is 26.8.